The van der Waals surface area contributed by atoms with Crippen LogP contribution < -0.4 is 5.32 Å². The van der Waals surface area contributed by atoms with E-state index in [2.05, 4.69) is 26.1 Å². The molecule has 0 aromatic carbocycles. The van der Waals surface area contributed by atoms with Crippen molar-refractivity contribution in [3.05, 3.63) is 0 Å². The average molecular weight is 227 g/mol. The maximum absolute atomic E-state index is 5.44. The number of hydrogen-bond acceptors (Lipinski definition) is 3. The van der Waals surface area contributed by atoms with Crippen molar-refractivity contribution in [2.45, 2.75) is 52.4 Å². The predicted molar refractivity (Wildman–Crippen MR) is 64.3 cm³/mol. The largest absolute Gasteiger partial charge is 0.349 e. The van der Waals surface area contributed by atoms with Crippen LogP contribution in [0.4, 0.5) is 0 Å². The van der Waals surface area contributed by atoms with Crippen molar-refractivity contribution in [3.63, 3.8) is 0 Å². The third-order valence-corrected chi connectivity index (χ3v) is 3.93. The molecule has 0 bridgehead atoms. The van der Waals surface area contributed by atoms with Gasteiger partial charge in [0.2, 0.25) is 0 Å². The van der Waals surface area contributed by atoms with E-state index in [-0.39, 0.29) is 6.29 Å². The summed E-state index contributed by atoms with van der Waals surface area (Å²) >= 11 is 0. The second kappa shape index (κ2) is 5.03. The molecule has 1 saturated heterocycles. The Morgan fingerprint density at radius 2 is 1.94 bits per heavy atom. The molecule has 1 aliphatic carbocycles. The van der Waals surface area contributed by atoms with Gasteiger partial charge in [-0.1, -0.05) is 20.8 Å². The standard InChI is InChI=1S/C13H25NO2/c1-10-8-13(2,3)5-4-11(10)14-9-12-15-6-7-16-12/h10-12,14H,4-9H2,1-3H3. The van der Waals surface area contributed by atoms with Crippen LogP contribution >= 0.6 is 0 Å². The summed E-state index contributed by atoms with van der Waals surface area (Å²) in [4.78, 5) is 0. The van der Waals surface area contributed by atoms with E-state index in [0.29, 0.717) is 11.5 Å². The van der Waals surface area contributed by atoms with Gasteiger partial charge in [-0.15, -0.1) is 0 Å². The SMILES string of the molecule is CC1CC(C)(C)CCC1NCC1OCCO1. The van der Waals surface area contributed by atoms with Gasteiger partial charge in [0, 0.05) is 12.6 Å². The number of rotatable bonds is 3. The maximum Gasteiger partial charge on any atom is 0.170 e. The lowest BCUT2D eigenvalue weighted by Gasteiger charge is -2.39. The van der Waals surface area contributed by atoms with E-state index in [1.165, 1.54) is 19.3 Å². The Labute approximate surface area is 98.9 Å². The Bertz CT molecular complexity index is 224. The van der Waals surface area contributed by atoms with Gasteiger partial charge in [-0.25, -0.2) is 0 Å². The molecule has 1 N–H and O–H groups in total. The number of ether oxygens (including phenoxy) is 2. The Balaban J connectivity index is 1.73. The molecule has 0 aromatic rings. The molecule has 0 spiro atoms. The Morgan fingerprint density at radius 3 is 2.56 bits per heavy atom. The Morgan fingerprint density at radius 1 is 1.25 bits per heavy atom. The fourth-order valence-electron chi connectivity index (χ4n) is 3.02. The highest BCUT2D eigenvalue weighted by Crippen LogP contribution is 2.38. The molecule has 2 rings (SSSR count). The van der Waals surface area contributed by atoms with Crippen LogP contribution in [0.25, 0.3) is 0 Å². The highest BCUT2D eigenvalue weighted by Gasteiger charge is 2.32. The third kappa shape index (κ3) is 3.19. The fraction of sp³-hybridized carbons (Fsp3) is 1.00. The zero-order chi connectivity index (χ0) is 11.6. The monoisotopic (exact) mass is 227 g/mol. The first-order valence-electron chi connectivity index (χ1n) is 6.53. The minimum atomic E-state index is -0.0119. The summed E-state index contributed by atoms with van der Waals surface area (Å²) in [5.74, 6) is 0.755. The van der Waals surface area contributed by atoms with Crippen LogP contribution in [-0.4, -0.2) is 32.1 Å². The van der Waals surface area contributed by atoms with Crippen molar-refractivity contribution in [2.75, 3.05) is 19.8 Å². The van der Waals surface area contributed by atoms with Gasteiger partial charge in [-0.2, -0.15) is 0 Å². The minimum Gasteiger partial charge on any atom is -0.349 e. The Kier molecular flexibility index (Phi) is 3.88. The molecule has 3 heteroatoms. The van der Waals surface area contributed by atoms with Gasteiger partial charge in [-0.05, 0) is 30.6 Å². The van der Waals surface area contributed by atoms with Crippen LogP contribution in [0.5, 0.6) is 0 Å². The van der Waals surface area contributed by atoms with Crippen molar-refractivity contribution in [3.8, 4) is 0 Å². The van der Waals surface area contributed by atoms with Crippen LogP contribution in [0.2, 0.25) is 0 Å². The van der Waals surface area contributed by atoms with E-state index in [9.17, 15) is 0 Å². The van der Waals surface area contributed by atoms with E-state index in [1.807, 2.05) is 0 Å². The number of nitrogens with one attached hydrogen (secondary N) is 1. The molecular weight excluding hydrogens is 202 g/mol. The van der Waals surface area contributed by atoms with E-state index >= 15 is 0 Å². The smallest absolute Gasteiger partial charge is 0.170 e. The highest BCUT2D eigenvalue weighted by molar-refractivity contribution is 4.86. The number of hydrogen-bond donors (Lipinski definition) is 1. The summed E-state index contributed by atoms with van der Waals surface area (Å²) in [7, 11) is 0. The van der Waals surface area contributed by atoms with Gasteiger partial charge in [0.25, 0.3) is 0 Å². The van der Waals surface area contributed by atoms with E-state index in [4.69, 9.17) is 9.47 Å². The summed E-state index contributed by atoms with van der Waals surface area (Å²) in [5.41, 5.74) is 0.526. The maximum atomic E-state index is 5.44. The molecule has 2 aliphatic rings. The molecule has 0 radical (unpaired) electrons. The van der Waals surface area contributed by atoms with Crippen molar-refractivity contribution < 1.29 is 9.47 Å². The molecule has 2 atom stereocenters. The summed E-state index contributed by atoms with van der Waals surface area (Å²) in [6.07, 6.45) is 3.90. The zero-order valence-corrected chi connectivity index (χ0v) is 10.8. The molecule has 1 aliphatic heterocycles. The zero-order valence-electron chi connectivity index (χ0n) is 10.8. The van der Waals surface area contributed by atoms with Gasteiger partial charge < -0.3 is 14.8 Å². The van der Waals surface area contributed by atoms with Crippen LogP contribution in [0.1, 0.15) is 40.0 Å². The third-order valence-electron chi connectivity index (χ3n) is 3.93. The Hall–Kier alpha value is -0.120. The van der Waals surface area contributed by atoms with Crippen molar-refractivity contribution in [2.24, 2.45) is 11.3 Å². The first kappa shape index (κ1) is 12.3. The van der Waals surface area contributed by atoms with Gasteiger partial charge in [0.1, 0.15) is 0 Å². The molecule has 0 aromatic heterocycles. The van der Waals surface area contributed by atoms with Crippen molar-refractivity contribution >= 4 is 0 Å². The topological polar surface area (TPSA) is 30.5 Å². The second-order valence-corrected chi connectivity index (χ2v) is 6.07. The summed E-state index contributed by atoms with van der Waals surface area (Å²) in [6.45, 7) is 9.45. The molecule has 94 valence electrons. The van der Waals surface area contributed by atoms with Gasteiger partial charge in [-0.3, -0.25) is 0 Å². The lowest BCUT2D eigenvalue weighted by molar-refractivity contribution is -0.0432. The van der Waals surface area contributed by atoms with Gasteiger partial charge in [0.15, 0.2) is 6.29 Å². The van der Waals surface area contributed by atoms with E-state index < -0.39 is 0 Å². The second-order valence-electron chi connectivity index (χ2n) is 6.07. The fourth-order valence-corrected chi connectivity index (χ4v) is 3.02. The summed E-state index contributed by atoms with van der Waals surface area (Å²) in [5, 5.41) is 3.60. The van der Waals surface area contributed by atoms with Gasteiger partial charge in [0.05, 0.1) is 13.2 Å². The summed E-state index contributed by atoms with van der Waals surface area (Å²) < 4.78 is 10.9. The van der Waals surface area contributed by atoms with Crippen molar-refractivity contribution in [1.29, 1.82) is 0 Å². The molecule has 2 fully saturated rings. The molecule has 2 unspecified atom stereocenters. The predicted octanol–water partition coefficient (Wildman–Crippen LogP) is 2.16. The molecule has 3 nitrogen and oxygen atoms in total. The quantitative estimate of drug-likeness (QED) is 0.801. The minimum absolute atomic E-state index is 0.0119. The first-order chi connectivity index (χ1) is 7.57. The molecule has 16 heavy (non-hydrogen) atoms. The van der Waals surface area contributed by atoms with Crippen LogP contribution in [0, 0.1) is 11.3 Å². The van der Waals surface area contributed by atoms with Crippen LogP contribution in [0.3, 0.4) is 0 Å². The molecular formula is C13H25NO2. The van der Waals surface area contributed by atoms with Crippen molar-refractivity contribution in [1.82, 2.24) is 5.32 Å². The lowest BCUT2D eigenvalue weighted by Crippen LogP contribution is -2.44. The lowest BCUT2D eigenvalue weighted by atomic mass is 9.70. The normalized spacial score (nSPS) is 35.4. The average Bonchev–Trinajstić information content (AvgIpc) is 2.68. The van der Waals surface area contributed by atoms with Crippen LogP contribution in [-0.2, 0) is 9.47 Å². The highest BCUT2D eigenvalue weighted by atomic mass is 16.7. The summed E-state index contributed by atoms with van der Waals surface area (Å²) in [6, 6.07) is 0.640. The molecule has 1 saturated carbocycles. The molecule has 1 heterocycles. The molecule has 0 amide bonds. The van der Waals surface area contributed by atoms with E-state index in [1.54, 1.807) is 0 Å². The van der Waals surface area contributed by atoms with E-state index in [0.717, 1.165) is 25.7 Å². The van der Waals surface area contributed by atoms with Crippen LogP contribution in [0.15, 0.2) is 0 Å². The first-order valence-corrected chi connectivity index (χ1v) is 6.53. The van der Waals surface area contributed by atoms with Gasteiger partial charge >= 0.3 is 0 Å².